The highest BCUT2D eigenvalue weighted by Crippen LogP contribution is 2.42. The summed E-state index contributed by atoms with van der Waals surface area (Å²) in [6.45, 7) is 0. The molecule has 1 nitrogen and oxygen atoms in total. The molecule has 4 aromatic carbocycles. The molecule has 0 aliphatic carbocycles. The predicted octanol–water partition coefficient (Wildman–Crippen LogP) is 7.72. The fourth-order valence-corrected chi connectivity index (χ4v) is 4.65. The van der Waals surface area contributed by atoms with Gasteiger partial charge >= 0.3 is 0 Å². The Kier molecular flexibility index (Phi) is 3.29. The van der Waals surface area contributed by atoms with E-state index >= 15 is 0 Å². The maximum Gasteiger partial charge on any atom is 0.0625 e. The van der Waals surface area contributed by atoms with Gasteiger partial charge in [-0.2, -0.15) is 0 Å². The van der Waals surface area contributed by atoms with E-state index in [1.54, 1.807) is 0 Å². The van der Waals surface area contributed by atoms with E-state index < -0.39 is 0 Å². The summed E-state index contributed by atoms with van der Waals surface area (Å²) in [5, 5.41) is 5.76. The highest BCUT2D eigenvalue weighted by atomic mass is 35.5. The molecule has 0 saturated heterocycles. The van der Waals surface area contributed by atoms with Crippen LogP contribution >= 0.6 is 11.6 Å². The molecule has 28 heavy (non-hydrogen) atoms. The molecule has 132 valence electrons. The zero-order valence-corrected chi connectivity index (χ0v) is 15.8. The summed E-state index contributed by atoms with van der Waals surface area (Å²) in [6.07, 6.45) is 0. The first-order valence-corrected chi connectivity index (χ1v) is 9.79. The van der Waals surface area contributed by atoms with Gasteiger partial charge in [0.15, 0.2) is 0 Å². The van der Waals surface area contributed by atoms with Crippen molar-refractivity contribution in [3.05, 3.63) is 102 Å². The van der Waals surface area contributed by atoms with Crippen LogP contribution in [0.1, 0.15) is 0 Å². The van der Waals surface area contributed by atoms with Crippen molar-refractivity contribution in [3.63, 3.8) is 0 Å². The fourth-order valence-electron chi connectivity index (χ4n) is 4.48. The van der Waals surface area contributed by atoms with Gasteiger partial charge in [-0.05, 0) is 29.1 Å². The molecule has 0 bridgehead atoms. The van der Waals surface area contributed by atoms with Crippen LogP contribution < -0.4 is 0 Å². The maximum absolute atomic E-state index is 6.43. The van der Waals surface area contributed by atoms with Crippen molar-refractivity contribution >= 4 is 49.7 Å². The molecule has 2 aromatic heterocycles. The quantitative estimate of drug-likeness (QED) is 0.258. The van der Waals surface area contributed by atoms with Gasteiger partial charge in [0.05, 0.1) is 16.6 Å². The largest absolute Gasteiger partial charge is 0.308 e. The van der Waals surface area contributed by atoms with Crippen LogP contribution in [0, 0.1) is 0 Å². The lowest BCUT2D eigenvalue weighted by Crippen LogP contribution is -1.91. The van der Waals surface area contributed by atoms with Gasteiger partial charge in [-0.1, -0.05) is 90.5 Å². The lowest BCUT2D eigenvalue weighted by molar-refractivity contribution is 1.35. The number of pyridine rings is 1. The number of para-hydroxylation sites is 1. The van der Waals surface area contributed by atoms with Gasteiger partial charge in [-0.15, -0.1) is 0 Å². The second kappa shape index (κ2) is 5.85. The van der Waals surface area contributed by atoms with Crippen molar-refractivity contribution in [1.82, 2.24) is 4.40 Å². The number of rotatable bonds is 1. The second-order valence-corrected chi connectivity index (χ2v) is 7.59. The monoisotopic (exact) mass is 377 g/mol. The van der Waals surface area contributed by atoms with Gasteiger partial charge in [-0.3, -0.25) is 0 Å². The van der Waals surface area contributed by atoms with E-state index in [1.165, 1.54) is 43.7 Å². The Morgan fingerprint density at radius 2 is 1.21 bits per heavy atom. The molecule has 0 spiro atoms. The molecule has 0 radical (unpaired) electrons. The van der Waals surface area contributed by atoms with E-state index in [0.717, 1.165) is 10.5 Å². The Hall–Kier alpha value is -3.29. The van der Waals surface area contributed by atoms with Crippen LogP contribution in [0.4, 0.5) is 0 Å². The number of hydrogen-bond donors (Lipinski definition) is 0. The number of halogens is 1. The molecule has 0 N–H and O–H groups in total. The third kappa shape index (κ3) is 2.08. The molecular weight excluding hydrogens is 362 g/mol. The normalized spacial score (nSPS) is 11.8. The zero-order chi connectivity index (χ0) is 18.7. The first-order valence-electron chi connectivity index (χ1n) is 9.41. The van der Waals surface area contributed by atoms with Crippen LogP contribution in [0.5, 0.6) is 0 Å². The fraction of sp³-hybridized carbons (Fsp3) is 0. The van der Waals surface area contributed by atoms with Crippen LogP contribution in [-0.4, -0.2) is 4.40 Å². The second-order valence-electron chi connectivity index (χ2n) is 7.15. The minimum Gasteiger partial charge on any atom is -0.308 e. The van der Waals surface area contributed by atoms with Crippen molar-refractivity contribution in [2.75, 3.05) is 0 Å². The number of fused-ring (bicyclic) bond motifs is 8. The first kappa shape index (κ1) is 15.7. The topological polar surface area (TPSA) is 4.41 Å². The van der Waals surface area contributed by atoms with E-state index in [9.17, 15) is 0 Å². The lowest BCUT2D eigenvalue weighted by atomic mass is 9.99. The Bertz CT molecular complexity index is 1510. The molecule has 6 rings (SSSR count). The predicted molar refractivity (Wildman–Crippen MR) is 120 cm³/mol. The average molecular weight is 378 g/mol. The molecular formula is C26H16ClN. The van der Waals surface area contributed by atoms with Gasteiger partial charge in [0.1, 0.15) is 0 Å². The summed E-state index contributed by atoms with van der Waals surface area (Å²) >= 11 is 6.43. The van der Waals surface area contributed by atoms with Crippen molar-refractivity contribution < 1.29 is 0 Å². The van der Waals surface area contributed by atoms with Gasteiger partial charge in [0.25, 0.3) is 0 Å². The lowest BCUT2D eigenvalue weighted by Gasteiger charge is -2.11. The van der Waals surface area contributed by atoms with Crippen LogP contribution in [0.3, 0.4) is 0 Å². The summed E-state index contributed by atoms with van der Waals surface area (Å²) < 4.78 is 2.38. The molecule has 0 fully saturated rings. The number of nitrogens with zero attached hydrogens (tertiary/aromatic N) is 1. The highest BCUT2D eigenvalue weighted by molar-refractivity contribution is 6.32. The smallest absolute Gasteiger partial charge is 0.0625 e. The van der Waals surface area contributed by atoms with Gasteiger partial charge < -0.3 is 4.40 Å². The Morgan fingerprint density at radius 1 is 0.536 bits per heavy atom. The molecule has 0 aliphatic heterocycles. The number of benzene rings is 4. The summed E-state index contributed by atoms with van der Waals surface area (Å²) in [4.78, 5) is 0. The SMILES string of the molecule is Clc1ccc2c(-c3ccccc3)c3c4ccccc4c4ccccc4n3c2c1. The number of aromatic nitrogens is 1. The molecule has 0 unspecified atom stereocenters. The highest BCUT2D eigenvalue weighted by Gasteiger charge is 2.19. The van der Waals surface area contributed by atoms with Crippen LogP contribution in [0.2, 0.25) is 5.02 Å². The molecule has 0 aliphatic rings. The van der Waals surface area contributed by atoms with Crippen LogP contribution in [0.25, 0.3) is 49.2 Å². The van der Waals surface area contributed by atoms with Crippen molar-refractivity contribution in [2.45, 2.75) is 0 Å². The van der Waals surface area contributed by atoms with Gasteiger partial charge in [0.2, 0.25) is 0 Å². The van der Waals surface area contributed by atoms with E-state index in [-0.39, 0.29) is 0 Å². The van der Waals surface area contributed by atoms with Crippen molar-refractivity contribution in [1.29, 1.82) is 0 Å². The van der Waals surface area contributed by atoms with E-state index in [1.807, 2.05) is 6.07 Å². The maximum atomic E-state index is 6.43. The molecule has 6 aromatic rings. The van der Waals surface area contributed by atoms with Crippen molar-refractivity contribution in [2.24, 2.45) is 0 Å². The van der Waals surface area contributed by atoms with Gasteiger partial charge in [0, 0.05) is 26.7 Å². The Labute approximate surface area is 167 Å². The molecule has 2 heteroatoms. The standard InChI is InChI=1S/C26H16ClN/c27-18-14-15-22-24(16-18)28-23-13-7-6-11-20(23)19-10-4-5-12-21(19)26(28)25(22)17-8-2-1-3-9-17/h1-16H. The van der Waals surface area contributed by atoms with E-state index in [4.69, 9.17) is 11.6 Å². The minimum atomic E-state index is 0.753. The Morgan fingerprint density at radius 3 is 2.04 bits per heavy atom. The van der Waals surface area contributed by atoms with E-state index in [0.29, 0.717) is 0 Å². The summed E-state index contributed by atoms with van der Waals surface area (Å²) in [7, 11) is 0. The third-order valence-electron chi connectivity index (χ3n) is 5.61. The van der Waals surface area contributed by atoms with E-state index in [2.05, 4.69) is 95.4 Å². The Balaban J connectivity index is 2.02. The number of hydrogen-bond acceptors (Lipinski definition) is 0. The van der Waals surface area contributed by atoms with Crippen LogP contribution in [-0.2, 0) is 0 Å². The van der Waals surface area contributed by atoms with Crippen LogP contribution in [0.15, 0.2) is 97.1 Å². The summed E-state index contributed by atoms with van der Waals surface area (Å²) in [5.41, 5.74) is 6.05. The molecule has 2 heterocycles. The summed E-state index contributed by atoms with van der Waals surface area (Å²) in [6, 6.07) is 34.2. The average Bonchev–Trinajstić information content (AvgIpc) is 3.09. The zero-order valence-electron chi connectivity index (χ0n) is 15.1. The summed E-state index contributed by atoms with van der Waals surface area (Å²) in [5.74, 6) is 0. The molecule has 0 atom stereocenters. The third-order valence-corrected chi connectivity index (χ3v) is 5.85. The molecule has 0 saturated carbocycles. The van der Waals surface area contributed by atoms with Gasteiger partial charge in [-0.25, -0.2) is 0 Å². The van der Waals surface area contributed by atoms with Crippen molar-refractivity contribution in [3.8, 4) is 11.1 Å². The first-order chi connectivity index (χ1) is 13.8. The molecule has 0 amide bonds. The minimum absolute atomic E-state index is 0.753.